The molecule has 0 bridgehead atoms. The molecular weight excluding hydrogens is 449 g/mol. The highest BCUT2D eigenvalue weighted by atomic mass is 32.2. The summed E-state index contributed by atoms with van der Waals surface area (Å²) in [6, 6.07) is 7.02. The molecule has 0 fully saturated rings. The summed E-state index contributed by atoms with van der Waals surface area (Å²) < 4.78 is 45.5. The first-order valence-corrected chi connectivity index (χ1v) is 11.7. The molecule has 2 aromatic carbocycles. The number of allylic oxidation sites excluding steroid dienone is 1. The number of anilines is 2. The third-order valence-corrected chi connectivity index (χ3v) is 6.49. The lowest BCUT2D eigenvalue weighted by atomic mass is 9.99. The van der Waals surface area contributed by atoms with Gasteiger partial charge in [0.1, 0.15) is 17.4 Å². The van der Waals surface area contributed by atoms with Gasteiger partial charge in [-0.05, 0) is 61.4 Å². The summed E-state index contributed by atoms with van der Waals surface area (Å²) in [5, 5.41) is 4.06. The van der Waals surface area contributed by atoms with Crippen LogP contribution in [-0.2, 0) is 6.18 Å². The zero-order chi connectivity index (χ0) is 23.8. The van der Waals surface area contributed by atoms with E-state index in [1.165, 1.54) is 5.57 Å². The topological polar surface area (TPSA) is 73.1 Å². The Kier molecular flexibility index (Phi) is 6.43. The molecule has 1 atom stereocenters. The monoisotopic (exact) mass is 474 g/mol. The Morgan fingerprint density at radius 3 is 2.61 bits per heavy atom. The van der Waals surface area contributed by atoms with Crippen molar-refractivity contribution >= 4 is 39.7 Å². The van der Waals surface area contributed by atoms with Crippen LogP contribution in [0.25, 0.3) is 16.5 Å². The fourth-order valence-electron chi connectivity index (χ4n) is 3.95. The van der Waals surface area contributed by atoms with E-state index in [2.05, 4.69) is 21.4 Å². The van der Waals surface area contributed by atoms with Crippen molar-refractivity contribution in [3.05, 3.63) is 58.9 Å². The van der Waals surface area contributed by atoms with E-state index >= 15 is 0 Å². The van der Waals surface area contributed by atoms with Gasteiger partial charge >= 0.3 is 6.18 Å². The average molecular weight is 475 g/mol. The fourth-order valence-corrected chi connectivity index (χ4v) is 4.80. The molecule has 33 heavy (non-hydrogen) atoms. The van der Waals surface area contributed by atoms with E-state index in [1.807, 2.05) is 23.9 Å². The van der Waals surface area contributed by atoms with Crippen molar-refractivity contribution in [3.8, 4) is 5.75 Å². The Labute approximate surface area is 194 Å². The number of hydrogen-bond donors (Lipinski definition) is 2. The van der Waals surface area contributed by atoms with E-state index in [1.54, 1.807) is 27.0 Å². The van der Waals surface area contributed by atoms with E-state index < -0.39 is 17.8 Å². The summed E-state index contributed by atoms with van der Waals surface area (Å²) in [6.45, 7) is 3.56. The van der Waals surface area contributed by atoms with Gasteiger partial charge in [0.05, 0.1) is 24.2 Å². The first-order valence-electron chi connectivity index (χ1n) is 10.5. The lowest BCUT2D eigenvalue weighted by Crippen LogP contribution is -2.13. The molecule has 174 valence electrons. The molecule has 0 radical (unpaired) electrons. The fraction of sp³-hybridized carbons (Fsp3) is 0.333. The first-order chi connectivity index (χ1) is 15.7. The predicted molar refractivity (Wildman–Crippen MR) is 129 cm³/mol. The first kappa shape index (κ1) is 23.2. The number of aryl methyl sites for hydroxylation is 1. The van der Waals surface area contributed by atoms with Crippen LogP contribution in [0.15, 0.2) is 36.4 Å². The number of nitrogens with two attached hydrogens (primary N) is 1. The van der Waals surface area contributed by atoms with Crippen LogP contribution in [0, 0.1) is 6.92 Å². The van der Waals surface area contributed by atoms with Crippen LogP contribution in [0.4, 0.5) is 24.7 Å². The highest BCUT2D eigenvalue weighted by Crippen LogP contribution is 2.38. The Bertz CT molecular complexity index is 1230. The van der Waals surface area contributed by atoms with Gasteiger partial charge in [0, 0.05) is 28.5 Å². The van der Waals surface area contributed by atoms with Crippen molar-refractivity contribution < 1.29 is 17.9 Å². The van der Waals surface area contributed by atoms with Crippen molar-refractivity contribution in [2.45, 2.75) is 32.5 Å². The molecule has 4 rings (SSSR count). The molecule has 2 heterocycles. The van der Waals surface area contributed by atoms with Crippen molar-refractivity contribution in [3.63, 3.8) is 0 Å². The Morgan fingerprint density at radius 2 is 1.94 bits per heavy atom. The number of nitrogens with one attached hydrogen (secondary N) is 1. The number of nitrogen functional groups attached to an aromatic ring is 1. The number of aromatic nitrogens is 2. The molecule has 5 nitrogen and oxygen atoms in total. The number of nitrogens with zero attached hydrogens (tertiary/aromatic N) is 2. The molecule has 3 aromatic rings. The maximum Gasteiger partial charge on any atom is 0.416 e. The van der Waals surface area contributed by atoms with E-state index in [-0.39, 0.29) is 5.69 Å². The number of ether oxygens (including phenoxy) is 1. The van der Waals surface area contributed by atoms with Crippen LogP contribution in [0.2, 0.25) is 0 Å². The Balaban J connectivity index is 1.77. The predicted octanol–water partition coefficient (Wildman–Crippen LogP) is 6.24. The zero-order valence-electron chi connectivity index (χ0n) is 18.6. The van der Waals surface area contributed by atoms with Gasteiger partial charge in [-0.1, -0.05) is 6.08 Å². The molecule has 0 saturated carbocycles. The lowest BCUT2D eigenvalue weighted by molar-refractivity contribution is -0.137. The molecule has 0 aliphatic carbocycles. The Hall–Kier alpha value is -2.94. The van der Waals surface area contributed by atoms with Crippen molar-refractivity contribution in [1.82, 2.24) is 9.97 Å². The second-order valence-electron chi connectivity index (χ2n) is 8.00. The molecule has 1 aliphatic heterocycles. The van der Waals surface area contributed by atoms with Gasteiger partial charge in [0.25, 0.3) is 0 Å². The molecule has 1 aliphatic rings. The standard InChI is InChI=1S/C24H25F3N4OS/c1-13(16-8-17(24(25,26)27)10-18(28)9-16)29-23-20-11-19(15-4-6-33-7-5-15)22(32-3)12-21(20)30-14(2)31-23/h4,8-13H,5-7,28H2,1-3H3,(H,29,30,31)/t13-/m1/s1. The Morgan fingerprint density at radius 1 is 1.15 bits per heavy atom. The van der Waals surface area contributed by atoms with Crippen LogP contribution in [-0.4, -0.2) is 28.6 Å². The van der Waals surface area contributed by atoms with E-state index in [0.29, 0.717) is 22.7 Å². The number of methoxy groups -OCH3 is 1. The number of halogens is 3. The minimum atomic E-state index is -4.47. The number of hydrogen-bond acceptors (Lipinski definition) is 6. The van der Waals surface area contributed by atoms with Gasteiger partial charge in [-0.15, -0.1) is 0 Å². The van der Waals surface area contributed by atoms with Gasteiger partial charge in [0.2, 0.25) is 0 Å². The summed E-state index contributed by atoms with van der Waals surface area (Å²) in [4.78, 5) is 9.11. The number of benzene rings is 2. The van der Waals surface area contributed by atoms with Gasteiger partial charge in [-0.25, -0.2) is 9.97 Å². The van der Waals surface area contributed by atoms with Crippen LogP contribution >= 0.6 is 11.8 Å². The summed E-state index contributed by atoms with van der Waals surface area (Å²) in [5.41, 5.74) is 8.36. The quantitative estimate of drug-likeness (QED) is 0.427. The van der Waals surface area contributed by atoms with Crippen molar-refractivity contribution in [1.29, 1.82) is 0 Å². The highest BCUT2D eigenvalue weighted by molar-refractivity contribution is 7.99. The van der Waals surface area contributed by atoms with Crippen LogP contribution in [0.1, 0.15) is 41.9 Å². The van der Waals surface area contributed by atoms with Crippen LogP contribution < -0.4 is 15.8 Å². The summed E-state index contributed by atoms with van der Waals surface area (Å²) in [6.07, 6.45) is -1.34. The van der Waals surface area contributed by atoms with Crippen molar-refractivity contribution in [2.75, 3.05) is 29.7 Å². The molecule has 0 spiro atoms. The third kappa shape index (κ3) is 5.03. The minimum absolute atomic E-state index is 0.0614. The molecule has 0 saturated heterocycles. The number of thioether (sulfide) groups is 1. The zero-order valence-corrected chi connectivity index (χ0v) is 19.4. The number of alkyl halides is 3. The average Bonchev–Trinajstić information content (AvgIpc) is 2.77. The van der Waals surface area contributed by atoms with Gasteiger partial charge < -0.3 is 15.8 Å². The number of rotatable bonds is 5. The van der Waals surface area contributed by atoms with Gasteiger partial charge in [-0.3, -0.25) is 0 Å². The molecule has 1 aromatic heterocycles. The summed E-state index contributed by atoms with van der Waals surface area (Å²) in [5.74, 6) is 3.82. The van der Waals surface area contributed by atoms with Gasteiger partial charge in [-0.2, -0.15) is 24.9 Å². The summed E-state index contributed by atoms with van der Waals surface area (Å²) >= 11 is 1.88. The summed E-state index contributed by atoms with van der Waals surface area (Å²) in [7, 11) is 1.64. The minimum Gasteiger partial charge on any atom is -0.496 e. The molecule has 0 amide bonds. The maximum absolute atomic E-state index is 13.3. The smallest absolute Gasteiger partial charge is 0.416 e. The van der Waals surface area contributed by atoms with Crippen LogP contribution in [0.3, 0.4) is 0 Å². The van der Waals surface area contributed by atoms with Crippen LogP contribution in [0.5, 0.6) is 5.75 Å². The normalized spacial score (nSPS) is 15.3. The molecule has 0 unspecified atom stereocenters. The molecule has 3 N–H and O–H groups in total. The lowest BCUT2D eigenvalue weighted by Gasteiger charge is -2.20. The second-order valence-corrected chi connectivity index (χ2v) is 9.15. The van der Waals surface area contributed by atoms with E-state index in [4.69, 9.17) is 10.5 Å². The van der Waals surface area contributed by atoms with E-state index in [0.717, 1.165) is 46.8 Å². The van der Waals surface area contributed by atoms with Crippen molar-refractivity contribution in [2.24, 2.45) is 0 Å². The van der Waals surface area contributed by atoms with Gasteiger partial charge in [0.15, 0.2) is 0 Å². The largest absolute Gasteiger partial charge is 0.496 e. The van der Waals surface area contributed by atoms with E-state index in [9.17, 15) is 13.2 Å². The SMILES string of the molecule is COc1cc2nc(C)nc(N[C@H](C)c3cc(N)cc(C(F)(F)F)c3)c2cc1C1=CCSCC1. The third-order valence-electron chi connectivity index (χ3n) is 5.60. The molecule has 9 heteroatoms. The highest BCUT2D eigenvalue weighted by Gasteiger charge is 2.31. The second kappa shape index (κ2) is 9.13. The maximum atomic E-state index is 13.3. The number of fused-ring (bicyclic) bond motifs is 1. The molecular formula is C24H25F3N4OS.